The Morgan fingerprint density at radius 1 is 1.07 bits per heavy atom. The van der Waals surface area contributed by atoms with Crippen LogP contribution in [-0.4, -0.2) is 32.1 Å². The summed E-state index contributed by atoms with van der Waals surface area (Å²) in [6.07, 6.45) is -0.885. The summed E-state index contributed by atoms with van der Waals surface area (Å²) in [5.74, 6) is -3.07. The van der Waals surface area contributed by atoms with Gasteiger partial charge in [-0.15, -0.1) is 10.2 Å². The summed E-state index contributed by atoms with van der Waals surface area (Å²) in [7, 11) is 1.69. The van der Waals surface area contributed by atoms with Gasteiger partial charge in [0.25, 0.3) is 5.91 Å². The van der Waals surface area contributed by atoms with E-state index in [4.69, 9.17) is 0 Å². The number of halogens is 5. The average Bonchev–Trinajstić information content (AvgIpc) is 3.56. The van der Waals surface area contributed by atoms with Gasteiger partial charge in [0.05, 0.1) is 17.5 Å². The largest absolute Gasteiger partial charge is 0.416 e. The lowest BCUT2D eigenvalue weighted by Gasteiger charge is -2.39. The number of carbonyl (C=O) groups excluding carboxylic acids is 1. The number of carbonyl (C=O) groups is 1. The molecule has 0 saturated heterocycles. The lowest BCUT2D eigenvalue weighted by Crippen LogP contribution is -2.47. The number of amides is 1. The van der Waals surface area contributed by atoms with Gasteiger partial charge in [0.2, 0.25) is 5.92 Å². The molecular formula is C29H30F5N5O. The number of nitrogens with zero attached hydrogens (tertiary/aromatic N) is 4. The lowest BCUT2D eigenvalue weighted by molar-refractivity contribution is -0.138. The van der Waals surface area contributed by atoms with Crippen LogP contribution in [0.15, 0.2) is 42.7 Å². The number of nitrogens with one attached hydrogen (secondary N) is 1. The highest BCUT2D eigenvalue weighted by atomic mass is 19.4. The van der Waals surface area contributed by atoms with Crippen LogP contribution < -0.4 is 10.2 Å². The fraction of sp³-hybridized carbons (Fsp3) is 0.483. The molecule has 6 rings (SSSR count). The molecule has 2 aromatic carbocycles. The number of benzene rings is 2. The minimum Gasteiger partial charge on any atom is -0.320 e. The summed E-state index contributed by atoms with van der Waals surface area (Å²) in [5, 5.41) is 11.4. The minimum absolute atomic E-state index is 0.0196. The van der Waals surface area contributed by atoms with E-state index >= 15 is 0 Å². The summed E-state index contributed by atoms with van der Waals surface area (Å²) in [5.41, 5.74) is -0.848. The van der Waals surface area contributed by atoms with Gasteiger partial charge in [-0.25, -0.2) is 8.78 Å². The Bertz CT molecular complexity index is 1480. The monoisotopic (exact) mass is 559 g/mol. The van der Waals surface area contributed by atoms with E-state index in [2.05, 4.69) is 15.5 Å². The van der Waals surface area contributed by atoms with Crippen molar-refractivity contribution in [3.63, 3.8) is 0 Å². The van der Waals surface area contributed by atoms with Gasteiger partial charge in [0.15, 0.2) is 0 Å². The first-order valence-electron chi connectivity index (χ1n) is 13.4. The Balaban J connectivity index is 1.36. The number of aromatic nitrogens is 3. The van der Waals surface area contributed by atoms with Crippen LogP contribution in [0.5, 0.6) is 0 Å². The third kappa shape index (κ3) is 4.48. The second-order valence-electron chi connectivity index (χ2n) is 11.8. The molecule has 2 saturated carbocycles. The van der Waals surface area contributed by atoms with E-state index in [1.54, 1.807) is 41.9 Å². The second kappa shape index (κ2) is 9.09. The Labute approximate surface area is 228 Å². The zero-order chi connectivity index (χ0) is 28.5. The molecule has 212 valence electrons. The van der Waals surface area contributed by atoms with Crippen molar-refractivity contribution in [3.05, 3.63) is 76.4 Å². The molecule has 1 aromatic heterocycles. The molecule has 2 aliphatic carbocycles. The van der Waals surface area contributed by atoms with E-state index in [0.717, 1.165) is 25.3 Å². The van der Waals surface area contributed by atoms with Crippen LogP contribution in [-0.2, 0) is 31.7 Å². The topological polar surface area (TPSA) is 63.1 Å². The highest BCUT2D eigenvalue weighted by Crippen LogP contribution is 2.52. The van der Waals surface area contributed by atoms with E-state index in [0.29, 0.717) is 22.6 Å². The maximum Gasteiger partial charge on any atom is 0.416 e. The van der Waals surface area contributed by atoms with Crippen LogP contribution in [0.25, 0.3) is 0 Å². The quantitative estimate of drug-likeness (QED) is 0.369. The Morgan fingerprint density at radius 2 is 1.85 bits per heavy atom. The van der Waals surface area contributed by atoms with Gasteiger partial charge in [-0.3, -0.25) is 4.79 Å². The van der Waals surface area contributed by atoms with Crippen LogP contribution in [0.1, 0.15) is 83.9 Å². The van der Waals surface area contributed by atoms with Crippen LogP contribution in [0.2, 0.25) is 0 Å². The molecule has 1 aliphatic heterocycles. The van der Waals surface area contributed by atoms with Crippen LogP contribution >= 0.6 is 0 Å². The Morgan fingerprint density at radius 3 is 2.45 bits per heavy atom. The third-order valence-electron chi connectivity index (χ3n) is 8.91. The maximum atomic E-state index is 14.6. The molecule has 0 bridgehead atoms. The van der Waals surface area contributed by atoms with E-state index in [9.17, 15) is 26.7 Å². The van der Waals surface area contributed by atoms with Crippen LogP contribution in [0.4, 0.5) is 27.6 Å². The molecule has 6 nitrogen and oxygen atoms in total. The van der Waals surface area contributed by atoms with Crippen molar-refractivity contribution in [1.82, 2.24) is 20.1 Å². The summed E-state index contributed by atoms with van der Waals surface area (Å²) in [4.78, 5) is 14.9. The molecule has 0 spiro atoms. The molecule has 2 heterocycles. The number of anilines is 1. The van der Waals surface area contributed by atoms with Crippen LogP contribution in [0.3, 0.4) is 0 Å². The lowest BCUT2D eigenvalue weighted by atomic mass is 9.77. The fourth-order valence-electron chi connectivity index (χ4n) is 6.50. The first-order chi connectivity index (χ1) is 18.8. The molecule has 3 aromatic rings. The molecule has 3 aliphatic rings. The van der Waals surface area contributed by atoms with Gasteiger partial charge in [0, 0.05) is 43.2 Å². The Kier molecular flexibility index (Phi) is 6.10. The van der Waals surface area contributed by atoms with Gasteiger partial charge in [-0.2, -0.15) is 13.2 Å². The zero-order valence-electron chi connectivity index (χ0n) is 22.3. The van der Waals surface area contributed by atoms with Crippen molar-refractivity contribution in [3.8, 4) is 0 Å². The summed E-state index contributed by atoms with van der Waals surface area (Å²) in [6.45, 7) is 2.01. The number of hydrogen-bond donors (Lipinski definition) is 1. The molecule has 40 heavy (non-hydrogen) atoms. The summed E-state index contributed by atoms with van der Waals surface area (Å²) < 4.78 is 73.4. The van der Waals surface area contributed by atoms with Gasteiger partial charge < -0.3 is 14.8 Å². The van der Waals surface area contributed by atoms with Gasteiger partial charge in [-0.05, 0) is 73.6 Å². The summed E-state index contributed by atoms with van der Waals surface area (Å²) in [6, 6.07) is 9.29. The molecule has 2 fully saturated rings. The maximum absolute atomic E-state index is 14.6. The average molecular weight is 560 g/mol. The summed E-state index contributed by atoms with van der Waals surface area (Å²) >= 11 is 0. The SMILES string of the molecule is Cn1cnnc1[C@@]1(c2cccc(N3Cc4c(cc(CNC5(C)CCC5)cc4C(F)(F)F)C3=O)c2)CCC(F)(F)C1. The molecule has 0 unspecified atom stereocenters. The third-order valence-corrected chi connectivity index (χ3v) is 8.91. The van der Waals surface area contributed by atoms with Gasteiger partial charge in [-0.1, -0.05) is 12.1 Å². The van der Waals surface area contributed by atoms with E-state index in [1.807, 2.05) is 6.92 Å². The number of rotatable bonds is 6. The zero-order valence-corrected chi connectivity index (χ0v) is 22.3. The number of alkyl halides is 5. The predicted octanol–water partition coefficient (Wildman–Crippen LogP) is 6.13. The number of hydrogen-bond acceptors (Lipinski definition) is 4. The van der Waals surface area contributed by atoms with Crippen LogP contribution in [0, 0.1) is 0 Å². The molecule has 1 amide bonds. The Hall–Kier alpha value is -3.34. The molecule has 0 radical (unpaired) electrons. The smallest absolute Gasteiger partial charge is 0.320 e. The van der Waals surface area contributed by atoms with E-state index in [1.165, 1.54) is 11.2 Å². The standard InChI is InChI=1S/C29H30F5N5O/c1-26(7-4-8-26)35-14-18-11-21-22(23(12-18)29(32,33)34)15-39(24(21)40)20-6-3-5-19(13-20)27(9-10-28(30,31)16-27)25-37-36-17-38(25)2/h3,5-6,11-13,17,35H,4,7-10,14-16H2,1-2H3/t27-/m0/s1. The predicted molar refractivity (Wildman–Crippen MR) is 138 cm³/mol. The number of aryl methyl sites for hydroxylation is 1. The van der Waals surface area contributed by atoms with Crippen molar-refractivity contribution in [2.45, 2.75) is 81.6 Å². The minimum atomic E-state index is -4.64. The van der Waals surface area contributed by atoms with Gasteiger partial charge in [0.1, 0.15) is 12.2 Å². The van der Waals surface area contributed by atoms with Crippen molar-refractivity contribution < 1.29 is 26.7 Å². The first-order valence-corrected chi connectivity index (χ1v) is 13.4. The van der Waals surface area contributed by atoms with E-state index < -0.39 is 35.4 Å². The second-order valence-corrected chi connectivity index (χ2v) is 11.8. The van der Waals surface area contributed by atoms with Gasteiger partial charge >= 0.3 is 6.18 Å². The molecule has 1 N–H and O–H groups in total. The normalized spacial score (nSPS) is 23.4. The molecule has 11 heteroatoms. The first kappa shape index (κ1) is 26.9. The fourth-order valence-corrected chi connectivity index (χ4v) is 6.50. The molecule has 1 atom stereocenters. The van der Waals surface area contributed by atoms with Crippen molar-refractivity contribution in [2.75, 3.05) is 4.90 Å². The van der Waals surface area contributed by atoms with Crippen molar-refractivity contribution >= 4 is 11.6 Å². The van der Waals surface area contributed by atoms with E-state index in [-0.39, 0.29) is 42.6 Å². The number of fused-ring (bicyclic) bond motifs is 1. The van der Waals surface area contributed by atoms with Crippen molar-refractivity contribution in [2.24, 2.45) is 7.05 Å². The molecular weight excluding hydrogens is 529 g/mol. The highest BCUT2D eigenvalue weighted by molar-refractivity contribution is 6.10. The van der Waals surface area contributed by atoms with Crippen molar-refractivity contribution in [1.29, 1.82) is 0 Å². The highest BCUT2D eigenvalue weighted by Gasteiger charge is 2.54.